The molecule has 3 N–H and O–H groups in total. The minimum Gasteiger partial charge on any atom is -0.496 e. The Morgan fingerprint density at radius 2 is 1.81 bits per heavy atom. The number of rotatable bonds is 10. The van der Waals surface area contributed by atoms with Crippen LogP contribution in [-0.4, -0.2) is 30.9 Å². The summed E-state index contributed by atoms with van der Waals surface area (Å²) in [6.45, 7) is 7.49. The second kappa shape index (κ2) is 9.40. The van der Waals surface area contributed by atoms with Crippen LogP contribution in [-0.2, 0) is 6.54 Å². The molecule has 0 fully saturated rings. The maximum atomic E-state index is 7.59. The van der Waals surface area contributed by atoms with Gasteiger partial charge >= 0.3 is 0 Å². The summed E-state index contributed by atoms with van der Waals surface area (Å²) >= 11 is 0. The monoisotopic (exact) mass is 291 g/mol. The van der Waals surface area contributed by atoms with Crippen molar-refractivity contribution in [3.05, 3.63) is 29.3 Å². The van der Waals surface area contributed by atoms with Crippen molar-refractivity contribution in [3.8, 4) is 5.75 Å². The van der Waals surface area contributed by atoms with Gasteiger partial charge in [-0.15, -0.1) is 0 Å². The molecule has 0 aromatic heterocycles. The molecule has 4 nitrogen and oxygen atoms in total. The Balaban J connectivity index is 2.88. The summed E-state index contributed by atoms with van der Waals surface area (Å²) in [5.41, 5.74) is 7.46. The molecule has 0 heterocycles. The zero-order valence-corrected chi connectivity index (χ0v) is 13.6. The van der Waals surface area contributed by atoms with E-state index >= 15 is 0 Å². The number of ether oxygens (including phenoxy) is 1. The molecule has 0 aliphatic heterocycles. The van der Waals surface area contributed by atoms with Crippen LogP contribution in [0.3, 0.4) is 0 Å². The van der Waals surface area contributed by atoms with E-state index in [0.29, 0.717) is 0 Å². The third kappa shape index (κ3) is 5.76. The van der Waals surface area contributed by atoms with Gasteiger partial charge in [0.1, 0.15) is 11.6 Å². The van der Waals surface area contributed by atoms with Crippen LogP contribution in [0.15, 0.2) is 18.2 Å². The Labute approximate surface area is 128 Å². The van der Waals surface area contributed by atoms with E-state index in [-0.39, 0.29) is 5.84 Å². The van der Waals surface area contributed by atoms with E-state index in [1.807, 2.05) is 18.2 Å². The highest BCUT2D eigenvalue weighted by Crippen LogP contribution is 2.22. The predicted molar refractivity (Wildman–Crippen MR) is 89.1 cm³/mol. The van der Waals surface area contributed by atoms with Crippen molar-refractivity contribution in [3.63, 3.8) is 0 Å². The van der Waals surface area contributed by atoms with Gasteiger partial charge < -0.3 is 10.5 Å². The topological polar surface area (TPSA) is 62.3 Å². The summed E-state index contributed by atoms with van der Waals surface area (Å²) in [5, 5.41) is 7.59. The largest absolute Gasteiger partial charge is 0.496 e. The standard InChI is InChI=1S/C17H29N3O/c1-4-6-10-20(11-7-5-2)13-15-12-14(17(18)19)8-9-16(15)21-3/h8-9,12H,4-7,10-11,13H2,1-3H3,(H3,18,19). The summed E-state index contributed by atoms with van der Waals surface area (Å²) in [6.07, 6.45) is 4.82. The molecule has 0 saturated carbocycles. The van der Waals surface area contributed by atoms with Gasteiger partial charge in [-0.25, -0.2) is 0 Å². The summed E-state index contributed by atoms with van der Waals surface area (Å²) < 4.78 is 5.45. The van der Waals surface area contributed by atoms with Gasteiger partial charge in [-0.3, -0.25) is 10.3 Å². The van der Waals surface area contributed by atoms with Crippen molar-refractivity contribution in [2.45, 2.75) is 46.1 Å². The summed E-state index contributed by atoms with van der Waals surface area (Å²) in [7, 11) is 1.69. The van der Waals surface area contributed by atoms with Crippen molar-refractivity contribution < 1.29 is 4.74 Å². The van der Waals surface area contributed by atoms with Crippen LogP contribution >= 0.6 is 0 Å². The molecule has 0 aliphatic rings. The minimum absolute atomic E-state index is 0.104. The SMILES string of the molecule is CCCCN(CCCC)Cc1cc(C(=N)N)ccc1OC. The molecule has 0 unspecified atom stereocenters. The van der Waals surface area contributed by atoms with E-state index in [1.165, 1.54) is 25.7 Å². The highest BCUT2D eigenvalue weighted by molar-refractivity contribution is 5.95. The molecule has 1 aromatic rings. The summed E-state index contributed by atoms with van der Waals surface area (Å²) in [4.78, 5) is 2.47. The van der Waals surface area contributed by atoms with E-state index in [0.717, 1.165) is 36.5 Å². The number of unbranched alkanes of at least 4 members (excludes halogenated alkanes) is 2. The van der Waals surface area contributed by atoms with Gasteiger partial charge in [0.15, 0.2) is 0 Å². The first-order chi connectivity index (χ1) is 10.1. The van der Waals surface area contributed by atoms with Gasteiger partial charge in [-0.2, -0.15) is 0 Å². The van der Waals surface area contributed by atoms with Crippen LogP contribution in [0.4, 0.5) is 0 Å². The fourth-order valence-corrected chi connectivity index (χ4v) is 2.34. The molecular formula is C17H29N3O. The fraction of sp³-hybridized carbons (Fsp3) is 0.588. The Morgan fingerprint density at radius 1 is 1.19 bits per heavy atom. The zero-order valence-electron chi connectivity index (χ0n) is 13.6. The van der Waals surface area contributed by atoms with Crippen LogP contribution in [0, 0.1) is 5.41 Å². The maximum absolute atomic E-state index is 7.59. The Hall–Kier alpha value is -1.55. The normalized spacial score (nSPS) is 10.9. The number of benzene rings is 1. The Bertz CT molecular complexity index is 438. The highest BCUT2D eigenvalue weighted by Gasteiger charge is 2.11. The molecular weight excluding hydrogens is 262 g/mol. The molecule has 21 heavy (non-hydrogen) atoms. The highest BCUT2D eigenvalue weighted by atomic mass is 16.5. The molecule has 0 aliphatic carbocycles. The van der Waals surface area contributed by atoms with Crippen LogP contribution < -0.4 is 10.5 Å². The Morgan fingerprint density at radius 3 is 2.29 bits per heavy atom. The number of methoxy groups -OCH3 is 1. The summed E-state index contributed by atoms with van der Waals surface area (Å²) in [5.74, 6) is 0.977. The number of nitrogens with one attached hydrogen (secondary N) is 1. The average molecular weight is 291 g/mol. The van der Waals surface area contributed by atoms with Crippen molar-refractivity contribution in [1.29, 1.82) is 5.41 Å². The number of amidine groups is 1. The fourth-order valence-electron chi connectivity index (χ4n) is 2.34. The number of nitrogens with zero attached hydrogens (tertiary/aromatic N) is 1. The van der Waals surface area contributed by atoms with E-state index in [9.17, 15) is 0 Å². The van der Waals surface area contributed by atoms with Crippen molar-refractivity contribution in [2.24, 2.45) is 5.73 Å². The third-order valence-electron chi connectivity index (χ3n) is 3.64. The molecule has 0 amide bonds. The smallest absolute Gasteiger partial charge is 0.123 e. The van der Waals surface area contributed by atoms with E-state index < -0.39 is 0 Å². The molecule has 1 aromatic carbocycles. The van der Waals surface area contributed by atoms with Crippen LogP contribution in [0.1, 0.15) is 50.7 Å². The third-order valence-corrected chi connectivity index (χ3v) is 3.64. The number of hydrogen-bond acceptors (Lipinski definition) is 3. The lowest BCUT2D eigenvalue weighted by atomic mass is 10.1. The van der Waals surface area contributed by atoms with Crippen molar-refractivity contribution >= 4 is 5.84 Å². The first-order valence-electron chi connectivity index (χ1n) is 7.86. The molecule has 4 heteroatoms. The van der Waals surface area contributed by atoms with Crippen LogP contribution in [0.2, 0.25) is 0 Å². The Kier molecular flexibility index (Phi) is 7.83. The number of nitrogens with two attached hydrogens (primary N) is 1. The van der Waals surface area contributed by atoms with Gasteiger partial charge in [-0.05, 0) is 44.1 Å². The van der Waals surface area contributed by atoms with E-state index in [2.05, 4.69) is 18.7 Å². The lowest BCUT2D eigenvalue weighted by molar-refractivity contribution is 0.253. The second-order valence-electron chi connectivity index (χ2n) is 5.42. The zero-order chi connectivity index (χ0) is 15.7. The van der Waals surface area contributed by atoms with Gasteiger partial charge in [0.2, 0.25) is 0 Å². The minimum atomic E-state index is 0.104. The molecule has 0 saturated heterocycles. The molecule has 1 rings (SSSR count). The first-order valence-corrected chi connectivity index (χ1v) is 7.86. The van der Waals surface area contributed by atoms with Crippen molar-refractivity contribution in [1.82, 2.24) is 4.90 Å². The quantitative estimate of drug-likeness (QED) is 0.513. The van der Waals surface area contributed by atoms with Crippen LogP contribution in [0.25, 0.3) is 0 Å². The predicted octanol–water partition coefficient (Wildman–Crippen LogP) is 3.38. The van der Waals surface area contributed by atoms with Crippen molar-refractivity contribution in [2.75, 3.05) is 20.2 Å². The average Bonchev–Trinajstić information content (AvgIpc) is 2.49. The van der Waals surface area contributed by atoms with Gasteiger partial charge in [0.25, 0.3) is 0 Å². The summed E-state index contributed by atoms with van der Waals surface area (Å²) in [6, 6.07) is 5.73. The van der Waals surface area contributed by atoms with Gasteiger partial charge in [0.05, 0.1) is 7.11 Å². The molecule has 0 spiro atoms. The number of hydrogen-bond donors (Lipinski definition) is 2. The molecule has 0 atom stereocenters. The first kappa shape index (κ1) is 17.5. The molecule has 0 radical (unpaired) electrons. The van der Waals surface area contributed by atoms with Crippen LogP contribution in [0.5, 0.6) is 5.75 Å². The lowest BCUT2D eigenvalue weighted by Gasteiger charge is -2.23. The van der Waals surface area contributed by atoms with Gasteiger partial charge in [0, 0.05) is 17.7 Å². The van der Waals surface area contributed by atoms with E-state index in [1.54, 1.807) is 7.11 Å². The maximum Gasteiger partial charge on any atom is 0.123 e. The molecule has 0 bridgehead atoms. The molecule has 118 valence electrons. The van der Waals surface area contributed by atoms with E-state index in [4.69, 9.17) is 15.9 Å². The lowest BCUT2D eigenvalue weighted by Crippen LogP contribution is -2.26. The number of nitrogen functional groups attached to an aromatic ring is 1. The van der Waals surface area contributed by atoms with Gasteiger partial charge in [-0.1, -0.05) is 26.7 Å². The second-order valence-corrected chi connectivity index (χ2v) is 5.42.